The van der Waals surface area contributed by atoms with Crippen LogP contribution in [0.3, 0.4) is 0 Å². The molecule has 2 saturated heterocycles. The smallest absolute Gasteiger partial charge is 0.193 e. The van der Waals surface area contributed by atoms with Crippen molar-refractivity contribution in [1.29, 1.82) is 0 Å². The van der Waals surface area contributed by atoms with Gasteiger partial charge < -0.3 is 19.7 Å². The largest absolute Gasteiger partial charge is 0.375 e. The summed E-state index contributed by atoms with van der Waals surface area (Å²) in [6.45, 7) is 8.77. The van der Waals surface area contributed by atoms with E-state index in [9.17, 15) is 0 Å². The topological polar surface area (TPSA) is 46.1 Å². The molecule has 0 aromatic heterocycles. The second kappa shape index (κ2) is 9.56. The Morgan fingerprint density at radius 2 is 1.89 bits per heavy atom. The van der Waals surface area contributed by atoms with Crippen molar-refractivity contribution in [1.82, 2.24) is 10.2 Å². The van der Waals surface area contributed by atoms with E-state index in [-0.39, 0.29) is 17.6 Å². The molecule has 5 nitrogen and oxygen atoms in total. The molecule has 0 saturated carbocycles. The fraction of sp³-hybridized carbons (Fsp3) is 0.682. The van der Waals surface area contributed by atoms with Crippen LogP contribution in [0.2, 0.25) is 0 Å². The molecule has 1 N–H and O–H groups in total. The minimum atomic E-state index is 0.122. The van der Waals surface area contributed by atoms with Gasteiger partial charge in [-0.3, -0.25) is 4.99 Å². The zero-order chi connectivity index (χ0) is 19.1. The van der Waals surface area contributed by atoms with Gasteiger partial charge in [0.05, 0.1) is 12.7 Å². The molecule has 0 radical (unpaired) electrons. The Hall–Kier alpha value is -1.59. The molecule has 27 heavy (non-hydrogen) atoms. The van der Waals surface area contributed by atoms with Crippen LogP contribution in [0.15, 0.2) is 35.3 Å². The first-order valence-corrected chi connectivity index (χ1v) is 10.5. The quantitative estimate of drug-likeness (QED) is 0.614. The highest BCUT2D eigenvalue weighted by Crippen LogP contribution is 2.31. The number of benzene rings is 1. The van der Waals surface area contributed by atoms with Gasteiger partial charge in [-0.05, 0) is 31.2 Å². The average molecular weight is 374 g/mol. The van der Waals surface area contributed by atoms with Crippen molar-refractivity contribution in [3.8, 4) is 0 Å². The number of nitrogens with one attached hydrogen (secondary N) is 1. The molecule has 2 heterocycles. The first-order chi connectivity index (χ1) is 13.2. The summed E-state index contributed by atoms with van der Waals surface area (Å²) in [7, 11) is 1.88. The normalized spacial score (nSPS) is 24.3. The van der Waals surface area contributed by atoms with Crippen LogP contribution in [0.25, 0.3) is 0 Å². The Labute approximate surface area is 164 Å². The minimum absolute atomic E-state index is 0.122. The molecule has 1 aromatic rings. The molecule has 5 heteroatoms. The third kappa shape index (κ3) is 4.64. The Morgan fingerprint density at radius 1 is 1.15 bits per heavy atom. The molecule has 3 rings (SSSR count). The van der Waals surface area contributed by atoms with Crippen LogP contribution in [0.4, 0.5) is 0 Å². The summed E-state index contributed by atoms with van der Waals surface area (Å²) < 4.78 is 11.8. The maximum atomic E-state index is 5.99. The molecular formula is C22H35N3O2. The second-order valence-corrected chi connectivity index (χ2v) is 7.66. The number of aliphatic imine (C=N–C) groups is 1. The van der Waals surface area contributed by atoms with Gasteiger partial charge in [0.15, 0.2) is 5.96 Å². The molecule has 2 aliphatic rings. The summed E-state index contributed by atoms with van der Waals surface area (Å²) in [5.41, 5.74) is 1.52. The SMILES string of the molecule is CCC(CC)(CNC(=NC)N1CCOC(C2CCCO2)C1)c1ccccc1. The van der Waals surface area contributed by atoms with E-state index < -0.39 is 0 Å². The van der Waals surface area contributed by atoms with Crippen LogP contribution in [-0.2, 0) is 14.9 Å². The van der Waals surface area contributed by atoms with Gasteiger partial charge in [-0.1, -0.05) is 44.2 Å². The number of guanidine groups is 1. The summed E-state index contributed by atoms with van der Waals surface area (Å²) in [5.74, 6) is 0.975. The first kappa shape index (κ1) is 20.2. The van der Waals surface area contributed by atoms with Crippen molar-refractivity contribution >= 4 is 5.96 Å². The number of morpholine rings is 1. The van der Waals surface area contributed by atoms with E-state index >= 15 is 0 Å². The van der Waals surface area contributed by atoms with E-state index in [1.807, 2.05) is 7.05 Å². The van der Waals surface area contributed by atoms with Crippen molar-refractivity contribution in [2.24, 2.45) is 4.99 Å². The first-order valence-electron chi connectivity index (χ1n) is 10.5. The van der Waals surface area contributed by atoms with Gasteiger partial charge in [-0.2, -0.15) is 0 Å². The average Bonchev–Trinajstić information content (AvgIpc) is 3.28. The lowest BCUT2D eigenvalue weighted by Crippen LogP contribution is -2.55. The van der Waals surface area contributed by atoms with Crippen molar-refractivity contribution in [3.63, 3.8) is 0 Å². The third-order valence-electron chi connectivity index (χ3n) is 6.31. The highest BCUT2D eigenvalue weighted by Gasteiger charge is 2.33. The number of hydrogen-bond donors (Lipinski definition) is 1. The number of hydrogen-bond acceptors (Lipinski definition) is 3. The number of rotatable bonds is 6. The molecule has 2 unspecified atom stereocenters. The Kier molecular flexibility index (Phi) is 7.13. The Morgan fingerprint density at radius 3 is 2.52 bits per heavy atom. The van der Waals surface area contributed by atoms with Crippen LogP contribution in [0, 0.1) is 0 Å². The van der Waals surface area contributed by atoms with Crippen molar-refractivity contribution in [2.75, 3.05) is 39.9 Å². The maximum absolute atomic E-state index is 5.99. The standard InChI is InChI=1S/C22H35N3O2/c1-4-22(5-2,18-10-7-6-8-11-18)17-24-21(23-3)25-13-15-27-20(16-25)19-12-9-14-26-19/h6-8,10-11,19-20H,4-5,9,12-17H2,1-3H3,(H,23,24). The summed E-state index contributed by atoms with van der Waals surface area (Å²) >= 11 is 0. The van der Waals surface area contributed by atoms with Gasteiger partial charge in [-0.15, -0.1) is 0 Å². The van der Waals surface area contributed by atoms with E-state index in [1.54, 1.807) is 0 Å². The highest BCUT2D eigenvalue weighted by molar-refractivity contribution is 5.80. The van der Waals surface area contributed by atoms with E-state index in [0.29, 0.717) is 0 Å². The van der Waals surface area contributed by atoms with E-state index in [2.05, 4.69) is 59.4 Å². The monoisotopic (exact) mass is 373 g/mol. The van der Waals surface area contributed by atoms with Crippen LogP contribution in [0.1, 0.15) is 45.1 Å². The second-order valence-electron chi connectivity index (χ2n) is 7.66. The van der Waals surface area contributed by atoms with Gasteiger partial charge >= 0.3 is 0 Å². The highest BCUT2D eigenvalue weighted by atomic mass is 16.5. The van der Waals surface area contributed by atoms with Crippen LogP contribution in [-0.4, -0.2) is 63.0 Å². The Bertz CT molecular complexity index is 595. The third-order valence-corrected chi connectivity index (χ3v) is 6.31. The van der Waals surface area contributed by atoms with Gasteiger partial charge in [-0.25, -0.2) is 0 Å². The summed E-state index contributed by atoms with van der Waals surface area (Å²) in [5, 5.41) is 3.67. The van der Waals surface area contributed by atoms with Crippen LogP contribution in [0.5, 0.6) is 0 Å². The van der Waals surface area contributed by atoms with Gasteiger partial charge in [0, 0.05) is 38.7 Å². The lowest BCUT2D eigenvalue weighted by molar-refractivity contribution is -0.0817. The lowest BCUT2D eigenvalue weighted by Gasteiger charge is -2.39. The minimum Gasteiger partial charge on any atom is -0.375 e. The summed E-state index contributed by atoms with van der Waals surface area (Å²) in [4.78, 5) is 6.90. The summed E-state index contributed by atoms with van der Waals surface area (Å²) in [6.07, 6.45) is 4.83. The van der Waals surface area contributed by atoms with Crippen molar-refractivity contribution in [2.45, 2.75) is 57.2 Å². The Balaban J connectivity index is 1.65. The molecule has 0 bridgehead atoms. The van der Waals surface area contributed by atoms with Crippen molar-refractivity contribution in [3.05, 3.63) is 35.9 Å². The van der Waals surface area contributed by atoms with Crippen molar-refractivity contribution < 1.29 is 9.47 Å². The van der Waals surface area contributed by atoms with Gasteiger partial charge in [0.25, 0.3) is 0 Å². The zero-order valence-electron chi connectivity index (χ0n) is 17.1. The maximum Gasteiger partial charge on any atom is 0.193 e. The predicted molar refractivity (Wildman–Crippen MR) is 110 cm³/mol. The fourth-order valence-corrected chi connectivity index (χ4v) is 4.37. The lowest BCUT2D eigenvalue weighted by atomic mass is 9.76. The number of ether oxygens (including phenoxy) is 2. The molecule has 2 aliphatic heterocycles. The van der Waals surface area contributed by atoms with E-state index in [4.69, 9.17) is 9.47 Å². The molecule has 150 valence electrons. The molecule has 2 fully saturated rings. The summed E-state index contributed by atoms with van der Waals surface area (Å²) in [6, 6.07) is 10.9. The molecule has 0 spiro atoms. The molecule has 0 aliphatic carbocycles. The van der Waals surface area contributed by atoms with Crippen LogP contribution < -0.4 is 5.32 Å². The predicted octanol–water partition coefficient (Wildman–Crippen LogP) is 3.20. The molecular weight excluding hydrogens is 338 g/mol. The van der Waals surface area contributed by atoms with Gasteiger partial charge in [0.1, 0.15) is 6.10 Å². The molecule has 2 atom stereocenters. The number of nitrogens with zero attached hydrogens (tertiary/aromatic N) is 2. The van der Waals surface area contributed by atoms with Crippen LogP contribution >= 0.6 is 0 Å². The molecule has 0 amide bonds. The fourth-order valence-electron chi connectivity index (χ4n) is 4.37. The van der Waals surface area contributed by atoms with E-state index in [0.717, 1.165) is 64.5 Å². The van der Waals surface area contributed by atoms with E-state index in [1.165, 1.54) is 5.56 Å². The van der Waals surface area contributed by atoms with Gasteiger partial charge in [0.2, 0.25) is 0 Å². The zero-order valence-corrected chi connectivity index (χ0v) is 17.1. The molecule has 1 aromatic carbocycles.